The van der Waals surface area contributed by atoms with E-state index < -0.39 is 24.0 Å². The van der Waals surface area contributed by atoms with E-state index in [0.717, 1.165) is 0 Å². The molecule has 1 fully saturated rings. The third-order valence-corrected chi connectivity index (χ3v) is 5.34. The molecule has 26 heavy (non-hydrogen) atoms. The maximum Gasteiger partial charge on any atom is 0.338 e. The Balaban J connectivity index is 1.87. The summed E-state index contributed by atoms with van der Waals surface area (Å²) in [7, 11) is 0. The normalized spacial score (nSPS) is 17.2. The fourth-order valence-corrected chi connectivity index (χ4v) is 3.17. The van der Waals surface area contributed by atoms with E-state index in [9.17, 15) is 14.9 Å². The molecule has 5 nitrogen and oxygen atoms in total. The van der Waals surface area contributed by atoms with Crippen molar-refractivity contribution in [1.82, 2.24) is 5.32 Å². The molecular formula is C21H28N2O3. The maximum atomic E-state index is 12.1. The highest BCUT2D eigenvalue weighted by molar-refractivity contribution is 5.91. The zero-order chi connectivity index (χ0) is 19.2. The van der Waals surface area contributed by atoms with Gasteiger partial charge in [-0.15, -0.1) is 0 Å². The topological polar surface area (TPSA) is 79.2 Å². The van der Waals surface area contributed by atoms with Gasteiger partial charge in [0.1, 0.15) is 5.54 Å². The molecule has 0 aliphatic heterocycles. The van der Waals surface area contributed by atoms with Crippen molar-refractivity contribution in [1.29, 1.82) is 5.26 Å². The summed E-state index contributed by atoms with van der Waals surface area (Å²) in [4.78, 5) is 24.1. The van der Waals surface area contributed by atoms with E-state index in [1.54, 1.807) is 19.1 Å². The van der Waals surface area contributed by atoms with Crippen LogP contribution >= 0.6 is 0 Å². The first-order valence-electron chi connectivity index (χ1n) is 9.35. The lowest BCUT2D eigenvalue weighted by Gasteiger charge is -2.27. The highest BCUT2D eigenvalue weighted by Crippen LogP contribution is 2.32. The van der Waals surface area contributed by atoms with Crippen LogP contribution in [0, 0.1) is 17.2 Å². The Morgan fingerprint density at radius 2 is 1.85 bits per heavy atom. The number of benzene rings is 1. The van der Waals surface area contributed by atoms with Crippen molar-refractivity contribution >= 4 is 11.9 Å². The average Bonchev–Trinajstić information content (AvgIpc) is 2.66. The Bertz CT molecular complexity index is 669. The number of carbonyl (C=O) groups excluding carboxylic acids is 2. The minimum atomic E-state index is -0.981. The number of carbonyl (C=O) groups is 2. The predicted octanol–water partition coefficient (Wildman–Crippen LogP) is 3.95. The number of esters is 1. The van der Waals surface area contributed by atoms with Crippen LogP contribution in [0.2, 0.25) is 0 Å². The summed E-state index contributed by atoms with van der Waals surface area (Å²) in [6, 6.07) is 9.58. The van der Waals surface area contributed by atoms with Gasteiger partial charge in [0.2, 0.25) is 0 Å². The minimum Gasteiger partial charge on any atom is -0.452 e. The van der Waals surface area contributed by atoms with Gasteiger partial charge in [0.25, 0.3) is 5.91 Å². The molecule has 5 heteroatoms. The molecule has 0 spiro atoms. The van der Waals surface area contributed by atoms with Gasteiger partial charge in [-0.05, 0) is 49.3 Å². The summed E-state index contributed by atoms with van der Waals surface area (Å²) < 4.78 is 5.08. The van der Waals surface area contributed by atoms with Gasteiger partial charge in [0.05, 0.1) is 11.6 Å². The van der Waals surface area contributed by atoms with E-state index >= 15 is 0 Å². The molecule has 0 unspecified atom stereocenters. The number of nitrogens with one attached hydrogen (secondary N) is 1. The third kappa shape index (κ3) is 5.08. The second-order valence-corrected chi connectivity index (χ2v) is 7.55. The van der Waals surface area contributed by atoms with Crippen LogP contribution in [-0.4, -0.2) is 24.0 Å². The summed E-state index contributed by atoms with van der Waals surface area (Å²) in [5, 5.41) is 11.8. The summed E-state index contributed by atoms with van der Waals surface area (Å²) >= 11 is 0. The fourth-order valence-electron chi connectivity index (χ4n) is 3.17. The zero-order valence-corrected chi connectivity index (χ0v) is 15.9. The monoisotopic (exact) mass is 356 g/mol. The standard InChI is InChI=1S/C21H28N2O3/c1-15(2)21(3,14-22)23-19(24)13-26-20(25)18-11-9-17(10-12-18)16-7-5-4-6-8-16/h9-12,15-16H,4-8,13H2,1-3H3,(H,23,24)/t21-/m0/s1. The van der Waals surface area contributed by atoms with Gasteiger partial charge in [-0.3, -0.25) is 4.79 Å². The van der Waals surface area contributed by atoms with Crippen LogP contribution in [0.3, 0.4) is 0 Å². The van der Waals surface area contributed by atoms with Gasteiger partial charge >= 0.3 is 5.97 Å². The number of amides is 1. The van der Waals surface area contributed by atoms with E-state index in [1.807, 2.05) is 26.0 Å². The SMILES string of the molecule is CC(C)[C@](C)(C#N)NC(=O)COC(=O)c1ccc(C2CCCCC2)cc1. The van der Waals surface area contributed by atoms with Crippen molar-refractivity contribution in [2.75, 3.05) is 6.61 Å². The molecule has 1 aliphatic carbocycles. The zero-order valence-electron chi connectivity index (χ0n) is 15.9. The van der Waals surface area contributed by atoms with E-state index in [-0.39, 0.29) is 5.92 Å². The van der Waals surface area contributed by atoms with Crippen molar-refractivity contribution in [2.24, 2.45) is 5.92 Å². The van der Waals surface area contributed by atoms with Gasteiger partial charge < -0.3 is 10.1 Å². The van der Waals surface area contributed by atoms with Crippen LogP contribution in [0.15, 0.2) is 24.3 Å². The lowest BCUT2D eigenvalue weighted by molar-refractivity contribution is -0.125. The van der Waals surface area contributed by atoms with E-state index in [0.29, 0.717) is 11.5 Å². The van der Waals surface area contributed by atoms with Gasteiger partial charge in [-0.1, -0.05) is 45.2 Å². The number of rotatable bonds is 6. The predicted molar refractivity (Wildman–Crippen MR) is 99.5 cm³/mol. The van der Waals surface area contributed by atoms with Crippen molar-refractivity contribution in [3.05, 3.63) is 35.4 Å². The van der Waals surface area contributed by atoms with Crippen LogP contribution in [-0.2, 0) is 9.53 Å². The van der Waals surface area contributed by atoms with Crippen molar-refractivity contribution < 1.29 is 14.3 Å². The molecule has 1 saturated carbocycles. The highest BCUT2D eigenvalue weighted by Gasteiger charge is 2.30. The lowest BCUT2D eigenvalue weighted by atomic mass is 9.84. The molecule has 0 aromatic heterocycles. The molecule has 0 radical (unpaired) electrons. The second kappa shape index (κ2) is 8.84. The molecule has 2 rings (SSSR count). The van der Waals surface area contributed by atoms with Crippen molar-refractivity contribution in [3.8, 4) is 6.07 Å². The summed E-state index contributed by atoms with van der Waals surface area (Å²) in [5.74, 6) is -0.479. The quantitative estimate of drug-likeness (QED) is 0.783. The molecule has 1 aromatic carbocycles. The highest BCUT2D eigenvalue weighted by atomic mass is 16.5. The Labute approximate surface area is 155 Å². The smallest absolute Gasteiger partial charge is 0.338 e. The molecule has 140 valence electrons. The number of nitrogens with zero attached hydrogens (tertiary/aromatic N) is 1. The molecule has 1 atom stereocenters. The number of nitriles is 1. The van der Waals surface area contributed by atoms with E-state index in [2.05, 4.69) is 11.4 Å². The molecule has 1 aromatic rings. The van der Waals surface area contributed by atoms with Crippen LogP contribution in [0.5, 0.6) is 0 Å². The van der Waals surface area contributed by atoms with Gasteiger partial charge in [0.15, 0.2) is 6.61 Å². The summed E-state index contributed by atoms with van der Waals surface area (Å²) in [5.41, 5.74) is 0.718. The van der Waals surface area contributed by atoms with Crippen LogP contribution in [0.4, 0.5) is 0 Å². The van der Waals surface area contributed by atoms with Gasteiger partial charge in [-0.2, -0.15) is 5.26 Å². The molecule has 0 bridgehead atoms. The number of hydrogen-bond acceptors (Lipinski definition) is 4. The maximum absolute atomic E-state index is 12.1. The first kappa shape index (κ1) is 20.0. The minimum absolute atomic E-state index is 0.0560. The number of ether oxygens (including phenoxy) is 1. The summed E-state index contributed by atoms with van der Waals surface area (Å²) in [6.07, 6.45) is 6.25. The largest absolute Gasteiger partial charge is 0.452 e. The van der Waals surface area contributed by atoms with Crippen LogP contribution in [0.25, 0.3) is 0 Å². The lowest BCUT2D eigenvalue weighted by Crippen LogP contribution is -2.50. The molecule has 1 aliphatic rings. The first-order valence-corrected chi connectivity index (χ1v) is 9.35. The molecule has 1 N–H and O–H groups in total. The Morgan fingerprint density at radius 3 is 2.38 bits per heavy atom. The Kier molecular flexibility index (Phi) is 6.79. The van der Waals surface area contributed by atoms with E-state index in [4.69, 9.17) is 4.74 Å². The van der Waals surface area contributed by atoms with Crippen LogP contribution in [0.1, 0.15) is 74.7 Å². The molecule has 0 heterocycles. The van der Waals surface area contributed by atoms with E-state index in [1.165, 1.54) is 37.7 Å². The van der Waals surface area contributed by atoms with Gasteiger partial charge in [0, 0.05) is 0 Å². The Hall–Kier alpha value is -2.35. The summed E-state index contributed by atoms with van der Waals surface area (Å²) in [6.45, 7) is 4.96. The number of hydrogen-bond donors (Lipinski definition) is 1. The van der Waals surface area contributed by atoms with Crippen molar-refractivity contribution in [3.63, 3.8) is 0 Å². The first-order chi connectivity index (χ1) is 12.4. The van der Waals surface area contributed by atoms with Gasteiger partial charge in [-0.25, -0.2) is 4.79 Å². The van der Waals surface area contributed by atoms with Crippen molar-refractivity contribution in [2.45, 2.75) is 64.3 Å². The average molecular weight is 356 g/mol. The fraction of sp³-hybridized carbons (Fsp3) is 0.571. The van der Waals surface area contributed by atoms with Crippen LogP contribution < -0.4 is 5.32 Å². The molecular weight excluding hydrogens is 328 g/mol. The second-order valence-electron chi connectivity index (χ2n) is 7.55. The molecule has 1 amide bonds. The Morgan fingerprint density at radius 1 is 1.23 bits per heavy atom. The third-order valence-electron chi connectivity index (χ3n) is 5.34. The molecule has 0 saturated heterocycles.